The van der Waals surface area contributed by atoms with E-state index in [1.165, 1.54) is 18.2 Å². The van der Waals surface area contributed by atoms with Crippen LogP contribution in [0.5, 0.6) is 0 Å². The number of carbonyl (C=O) groups is 2. The Labute approximate surface area is 195 Å². The molecule has 1 aliphatic heterocycles. The van der Waals surface area contributed by atoms with E-state index >= 15 is 0 Å². The van der Waals surface area contributed by atoms with Crippen molar-refractivity contribution in [2.75, 3.05) is 20.3 Å². The van der Waals surface area contributed by atoms with Crippen molar-refractivity contribution in [3.8, 4) is 0 Å². The number of alkyl halides is 1. The van der Waals surface area contributed by atoms with Crippen LogP contribution in [0.1, 0.15) is 77.1 Å². The summed E-state index contributed by atoms with van der Waals surface area (Å²) in [4.78, 5) is 26.0. The van der Waals surface area contributed by atoms with Gasteiger partial charge in [-0.1, -0.05) is 13.3 Å². The molecule has 2 N–H and O–H groups in total. The third kappa shape index (κ3) is 4.39. The maximum atomic E-state index is 13.7. The lowest BCUT2D eigenvalue weighted by molar-refractivity contribution is 0.0439. The van der Waals surface area contributed by atoms with E-state index in [4.69, 9.17) is 4.74 Å². The molecular formula is C26H36FN3O3. The molecule has 2 heterocycles. The number of nitrogens with one attached hydrogen (secondary N) is 2. The SMILES string of the molecule is CCCc1c(C(=O)NC(C)F)c(C(=O)NC)cc2c3c(n(C)c12)CCC(C1CCOCC1)C3. The lowest BCUT2D eigenvalue weighted by Crippen LogP contribution is -2.33. The van der Waals surface area contributed by atoms with Crippen molar-refractivity contribution in [3.05, 3.63) is 34.0 Å². The van der Waals surface area contributed by atoms with Crippen LogP contribution in [0.2, 0.25) is 0 Å². The molecule has 1 aliphatic carbocycles. The quantitative estimate of drug-likeness (QED) is 0.643. The number of amides is 2. The van der Waals surface area contributed by atoms with Gasteiger partial charge >= 0.3 is 0 Å². The van der Waals surface area contributed by atoms with Gasteiger partial charge in [-0.3, -0.25) is 9.59 Å². The number of nitrogens with zero attached hydrogens (tertiary/aromatic N) is 1. The van der Waals surface area contributed by atoms with E-state index in [1.54, 1.807) is 7.05 Å². The summed E-state index contributed by atoms with van der Waals surface area (Å²) >= 11 is 0. The Morgan fingerprint density at radius 2 is 1.94 bits per heavy atom. The lowest BCUT2D eigenvalue weighted by atomic mass is 9.75. The zero-order valence-corrected chi connectivity index (χ0v) is 20.2. The van der Waals surface area contributed by atoms with Gasteiger partial charge in [0.1, 0.15) is 0 Å². The number of aryl methyl sites for hydroxylation is 2. The van der Waals surface area contributed by atoms with Gasteiger partial charge < -0.3 is 19.9 Å². The maximum absolute atomic E-state index is 13.7. The van der Waals surface area contributed by atoms with Gasteiger partial charge in [-0.25, -0.2) is 4.39 Å². The first-order valence-corrected chi connectivity index (χ1v) is 12.3. The number of fused-ring (bicyclic) bond motifs is 3. The van der Waals surface area contributed by atoms with Crippen LogP contribution in [-0.4, -0.2) is 42.9 Å². The van der Waals surface area contributed by atoms with Crippen LogP contribution in [-0.2, 0) is 31.0 Å². The van der Waals surface area contributed by atoms with Crippen molar-refractivity contribution in [1.82, 2.24) is 15.2 Å². The number of hydrogen-bond acceptors (Lipinski definition) is 3. The highest BCUT2D eigenvalue weighted by Gasteiger charge is 2.33. The largest absolute Gasteiger partial charge is 0.381 e. The summed E-state index contributed by atoms with van der Waals surface area (Å²) in [7, 11) is 3.63. The first kappa shape index (κ1) is 23.7. The minimum atomic E-state index is -1.50. The number of benzene rings is 1. The molecule has 1 saturated heterocycles. The fourth-order valence-electron chi connectivity index (χ4n) is 5.98. The minimum Gasteiger partial charge on any atom is -0.381 e. The zero-order chi connectivity index (χ0) is 23.7. The fourth-order valence-corrected chi connectivity index (χ4v) is 5.98. The molecule has 33 heavy (non-hydrogen) atoms. The number of carbonyl (C=O) groups excluding carboxylic acids is 2. The maximum Gasteiger partial charge on any atom is 0.254 e. The van der Waals surface area contributed by atoms with Crippen LogP contribution in [0.4, 0.5) is 4.39 Å². The third-order valence-corrected chi connectivity index (χ3v) is 7.49. The molecule has 0 radical (unpaired) electrons. The summed E-state index contributed by atoms with van der Waals surface area (Å²) in [5.74, 6) is 0.431. The van der Waals surface area contributed by atoms with Gasteiger partial charge in [0.2, 0.25) is 0 Å². The average molecular weight is 458 g/mol. The smallest absolute Gasteiger partial charge is 0.254 e. The van der Waals surface area contributed by atoms with Gasteiger partial charge in [-0.15, -0.1) is 0 Å². The van der Waals surface area contributed by atoms with Gasteiger partial charge in [0.25, 0.3) is 11.8 Å². The Hall–Kier alpha value is -2.41. The topological polar surface area (TPSA) is 72.4 Å². The second-order valence-electron chi connectivity index (χ2n) is 9.53. The van der Waals surface area contributed by atoms with Crippen molar-refractivity contribution < 1.29 is 18.7 Å². The fraction of sp³-hybridized carbons (Fsp3) is 0.615. The van der Waals surface area contributed by atoms with Crippen LogP contribution in [0.15, 0.2) is 6.07 Å². The van der Waals surface area contributed by atoms with E-state index in [1.807, 2.05) is 6.07 Å². The third-order valence-electron chi connectivity index (χ3n) is 7.49. The molecule has 2 amide bonds. The summed E-state index contributed by atoms with van der Waals surface area (Å²) in [6.45, 7) is 5.03. The number of hydrogen-bond donors (Lipinski definition) is 2. The molecule has 1 fully saturated rings. The molecule has 6 nitrogen and oxygen atoms in total. The summed E-state index contributed by atoms with van der Waals surface area (Å²) in [6, 6.07) is 1.87. The van der Waals surface area contributed by atoms with Crippen LogP contribution in [0.3, 0.4) is 0 Å². The number of aromatic nitrogens is 1. The van der Waals surface area contributed by atoms with Gasteiger partial charge in [-0.2, -0.15) is 0 Å². The number of halogens is 1. The molecule has 2 aromatic rings. The molecule has 2 atom stereocenters. The first-order chi connectivity index (χ1) is 15.9. The monoisotopic (exact) mass is 457 g/mol. The Balaban J connectivity index is 1.90. The molecule has 7 heteroatoms. The van der Waals surface area contributed by atoms with Crippen LogP contribution < -0.4 is 10.6 Å². The van der Waals surface area contributed by atoms with E-state index in [0.717, 1.165) is 68.2 Å². The van der Waals surface area contributed by atoms with Crippen LogP contribution >= 0.6 is 0 Å². The molecule has 4 rings (SSSR count). The molecular weight excluding hydrogens is 421 g/mol. The molecule has 0 spiro atoms. The molecule has 0 saturated carbocycles. The summed E-state index contributed by atoms with van der Waals surface area (Å²) in [5.41, 5.74) is 5.08. The van der Waals surface area contributed by atoms with Gasteiger partial charge in [-0.05, 0) is 74.5 Å². The van der Waals surface area contributed by atoms with E-state index in [-0.39, 0.29) is 5.91 Å². The van der Waals surface area contributed by atoms with E-state index in [9.17, 15) is 14.0 Å². The standard InChI is InChI=1S/C26H36FN3O3/c1-5-6-18-23(26(32)29-15(2)27)21(25(31)28-3)14-20-19-13-17(16-9-11-33-12-10-16)7-8-22(19)30(4)24(18)20/h14-17H,5-13H2,1-4H3,(H,28,31)(H,29,32). The van der Waals surface area contributed by atoms with Crippen LogP contribution in [0.25, 0.3) is 10.9 Å². The van der Waals surface area contributed by atoms with Gasteiger partial charge in [0, 0.05) is 38.4 Å². The molecule has 2 unspecified atom stereocenters. The molecule has 1 aromatic heterocycles. The average Bonchev–Trinajstić information content (AvgIpc) is 3.09. The Morgan fingerprint density at radius 1 is 1.21 bits per heavy atom. The predicted octanol–water partition coefficient (Wildman–Crippen LogP) is 4.07. The molecule has 0 bridgehead atoms. The molecule has 2 aliphatic rings. The number of ether oxygens (including phenoxy) is 1. The van der Waals surface area contributed by atoms with Crippen molar-refractivity contribution in [1.29, 1.82) is 0 Å². The van der Waals surface area contributed by atoms with Crippen molar-refractivity contribution in [2.45, 2.75) is 65.1 Å². The second kappa shape index (κ2) is 9.84. The molecule has 180 valence electrons. The van der Waals surface area contributed by atoms with Crippen molar-refractivity contribution in [3.63, 3.8) is 0 Å². The summed E-state index contributed by atoms with van der Waals surface area (Å²) in [6.07, 6.45) is 5.32. The Kier molecular flexibility index (Phi) is 7.07. The predicted molar refractivity (Wildman–Crippen MR) is 127 cm³/mol. The summed E-state index contributed by atoms with van der Waals surface area (Å²) in [5, 5.41) is 6.11. The highest BCUT2D eigenvalue weighted by Crippen LogP contribution is 2.41. The number of rotatable bonds is 6. The normalized spacial score (nSPS) is 19.8. The Morgan fingerprint density at radius 3 is 2.58 bits per heavy atom. The van der Waals surface area contributed by atoms with Crippen molar-refractivity contribution in [2.24, 2.45) is 18.9 Å². The second-order valence-corrected chi connectivity index (χ2v) is 9.53. The minimum absolute atomic E-state index is 0.298. The van der Waals surface area contributed by atoms with Gasteiger partial charge in [0.15, 0.2) is 6.30 Å². The Bertz CT molecular complexity index is 1050. The van der Waals surface area contributed by atoms with E-state index in [2.05, 4.69) is 29.2 Å². The molecule has 1 aromatic carbocycles. The van der Waals surface area contributed by atoms with E-state index < -0.39 is 12.2 Å². The highest BCUT2D eigenvalue weighted by atomic mass is 19.1. The highest BCUT2D eigenvalue weighted by molar-refractivity contribution is 6.12. The van der Waals surface area contributed by atoms with Gasteiger partial charge in [0.05, 0.1) is 16.6 Å². The van der Waals surface area contributed by atoms with E-state index in [0.29, 0.717) is 29.4 Å². The first-order valence-electron chi connectivity index (χ1n) is 12.3. The van der Waals surface area contributed by atoms with Crippen molar-refractivity contribution >= 4 is 22.7 Å². The zero-order valence-electron chi connectivity index (χ0n) is 20.2. The van der Waals surface area contributed by atoms with Crippen LogP contribution in [0, 0.1) is 11.8 Å². The lowest BCUT2D eigenvalue weighted by Gasteiger charge is -2.33. The summed E-state index contributed by atoms with van der Waals surface area (Å²) < 4.78 is 21.5.